The Balaban J connectivity index is 2.04. The highest BCUT2D eigenvalue weighted by atomic mass is 79.9. The van der Waals surface area contributed by atoms with E-state index in [0.717, 1.165) is 18.2 Å². The fraction of sp³-hybridized carbons (Fsp3) is 0.300. The van der Waals surface area contributed by atoms with Crippen LogP contribution in [0.3, 0.4) is 0 Å². The van der Waals surface area contributed by atoms with Crippen molar-refractivity contribution in [1.82, 2.24) is 4.31 Å². The maximum Gasteiger partial charge on any atom is 0.252 e. The molecule has 1 aliphatic rings. The molecule has 1 saturated heterocycles. The van der Waals surface area contributed by atoms with Crippen LogP contribution in [0.25, 0.3) is 0 Å². The summed E-state index contributed by atoms with van der Waals surface area (Å²) < 4.78 is 29.6. The van der Waals surface area contributed by atoms with Crippen LogP contribution >= 0.6 is 31.9 Å². The van der Waals surface area contributed by atoms with Crippen LogP contribution in [0, 0.1) is 0 Å². The van der Waals surface area contributed by atoms with E-state index in [1.807, 2.05) is 0 Å². The van der Waals surface area contributed by atoms with Crippen molar-refractivity contribution in [2.75, 3.05) is 4.90 Å². The van der Waals surface area contributed by atoms with Gasteiger partial charge in [-0.05, 0) is 69.3 Å². The van der Waals surface area contributed by atoms with Crippen molar-refractivity contribution >= 4 is 59.4 Å². The third kappa shape index (κ3) is 4.33. The summed E-state index contributed by atoms with van der Waals surface area (Å²) in [5, 5.41) is 0. The first-order valence-electron chi connectivity index (χ1n) is 8.85. The molecule has 2 amide bonds. The molecule has 6 nitrogen and oxygen atoms in total. The molecule has 1 heterocycles. The van der Waals surface area contributed by atoms with Gasteiger partial charge in [-0.3, -0.25) is 9.59 Å². The number of halogens is 2. The van der Waals surface area contributed by atoms with E-state index in [1.165, 1.54) is 12.1 Å². The lowest BCUT2D eigenvalue weighted by molar-refractivity contribution is -0.122. The minimum absolute atomic E-state index is 0.0676. The summed E-state index contributed by atoms with van der Waals surface area (Å²) in [6.45, 7) is 5.14. The molecule has 0 spiro atoms. The van der Waals surface area contributed by atoms with Gasteiger partial charge in [0.1, 0.15) is 6.04 Å². The Bertz CT molecular complexity index is 1050. The highest BCUT2D eigenvalue weighted by molar-refractivity contribution is 9.10. The molecule has 29 heavy (non-hydrogen) atoms. The molecule has 154 valence electrons. The third-order valence-electron chi connectivity index (χ3n) is 4.52. The number of rotatable bonds is 4. The number of sulfonamides is 1. The van der Waals surface area contributed by atoms with Crippen LogP contribution in [0.15, 0.2) is 62.4 Å². The van der Waals surface area contributed by atoms with Gasteiger partial charge in [0.05, 0.1) is 17.0 Å². The SMILES string of the molecule is CC(C)(C)N(C1CC(=O)N(c2ccc(Br)cc2)C1=O)S(=O)(=O)c1ccc(Br)cc1. The lowest BCUT2D eigenvalue weighted by Gasteiger charge is -2.37. The van der Waals surface area contributed by atoms with E-state index in [1.54, 1.807) is 57.2 Å². The van der Waals surface area contributed by atoms with E-state index in [9.17, 15) is 18.0 Å². The predicted molar refractivity (Wildman–Crippen MR) is 118 cm³/mol. The summed E-state index contributed by atoms with van der Waals surface area (Å²) in [6.07, 6.45) is -0.206. The van der Waals surface area contributed by atoms with Crippen molar-refractivity contribution in [3.05, 3.63) is 57.5 Å². The molecule has 2 aromatic rings. The van der Waals surface area contributed by atoms with E-state index in [2.05, 4.69) is 31.9 Å². The van der Waals surface area contributed by atoms with Gasteiger partial charge in [0.25, 0.3) is 5.91 Å². The van der Waals surface area contributed by atoms with Gasteiger partial charge in [0.15, 0.2) is 0 Å². The highest BCUT2D eigenvalue weighted by Crippen LogP contribution is 2.34. The largest absolute Gasteiger partial charge is 0.274 e. The van der Waals surface area contributed by atoms with Crippen molar-refractivity contribution in [2.45, 2.75) is 43.7 Å². The fourth-order valence-corrected chi connectivity index (χ4v) is 5.83. The van der Waals surface area contributed by atoms with Gasteiger partial charge in [0.2, 0.25) is 15.9 Å². The van der Waals surface area contributed by atoms with E-state index < -0.39 is 33.4 Å². The van der Waals surface area contributed by atoms with Crippen LogP contribution in [0.5, 0.6) is 0 Å². The molecule has 0 bridgehead atoms. The quantitative estimate of drug-likeness (QED) is 0.538. The zero-order valence-electron chi connectivity index (χ0n) is 16.1. The van der Waals surface area contributed by atoms with Crippen LogP contribution in [0.4, 0.5) is 5.69 Å². The highest BCUT2D eigenvalue weighted by Gasteiger charge is 2.50. The molecule has 1 unspecified atom stereocenters. The summed E-state index contributed by atoms with van der Waals surface area (Å²) in [4.78, 5) is 27.0. The number of hydrogen-bond acceptors (Lipinski definition) is 4. The number of carbonyl (C=O) groups is 2. The number of amides is 2. The van der Waals surface area contributed by atoms with Gasteiger partial charge in [0, 0.05) is 14.5 Å². The Morgan fingerprint density at radius 1 is 0.931 bits per heavy atom. The maximum absolute atomic E-state index is 13.4. The summed E-state index contributed by atoms with van der Waals surface area (Å²) in [6, 6.07) is 11.8. The third-order valence-corrected chi connectivity index (χ3v) is 7.77. The topological polar surface area (TPSA) is 74.8 Å². The maximum atomic E-state index is 13.4. The fourth-order valence-electron chi connectivity index (χ4n) is 3.38. The van der Waals surface area contributed by atoms with Crippen molar-refractivity contribution in [3.63, 3.8) is 0 Å². The lowest BCUT2D eigenvalue weighted by atomic mass is 10.1. The summed E-state index contributed by atoms with van der Waals surface area (Å²) in [5.74, 6) is -0.976. The van der Waals surface area contributed by atoms with Gasteiger partial charge in [-0.1, -0.05) is 31.9 Å². The molecule has 9 heteroatoms. The number of anilines is 1. The summed E-state index contributed by atoms with van der Waals surface area (Å²) in [7, 11) is -4.02. The van der Waals surface area contributed by atoms with Crippen LogP contribution in [0.2, 0.25) is 0 Å². The first-order valence-corrected chi connectivity index (χ1v) is 11.9. The molecule has 1 aliphatic heterocycles. The minimum Gasteiger partial charge on any atom is -0.274 e. The molecule has 3 rings (SSSR count). The Morgan fingerprint density at radius 3 is 1.90 bits per heavy atom. The Kier molecular flexibility index (Phi) is 6.06. The van der Waals surface area contributed by atoms with E-state index in [-0.39, 0.29) is 11.3 Å². The second kappa shape index (κ2) is 7.94. The van der Waals surface area contributed by atoms with E-state index >= 15 is 0 Å². The molecule has 1 fully saturated rings. The van der Waals surface area contributed by atoms with Crippen molar-refractivity contribution in [1.29, 1.82) is 0 Å². The van der Waals surface area contributed by atoms with E-state index in [4.69, 9.17) is 0 Å². The van der Waals surface area contributed by atoms with Gasteiger partial charge >= 0.3 is 0 Å². The van der Waals surface area contributed by atoms with Crippen LogP contribution in [-0.4, -0.2) is 36.1 Å². The molecule has 0 radical (unpaired) electrons. The van der Waals surface area contributed by atoms with Crippen molar-refractivity contribution < 1.29 is 18.0 Å². The van der Waals surface area contributed by atoms with Crippen molar-refractivity contribution in [3.8, 4) is 0 Å². The molecule has 0 aliphatic carbocycles. The molecule has 1 atom stereocenters. The van der Waals surface area contributed by atoms with Crippen LogP contribution in [0.1, 0.15) is 27.2 Å². The summed E-state index contributed by atoms with van der Waals surface area (Å²) in [5.41, 5.74) is -0.497. The Labute approximate surface area is 187 Å². The Hall–Kier alpha value is -1.55. The molecular weight excluding hydrogens is 524 g/mol. The zero-order valence-corrected chi connectivity index (χ0v) is 20.1. The normalized spacial score (nSPS) is 18.0. The number of nitrogens with zero attached hydrogens (tertiary/aromatic N) is 2. The van der Waals surface area contributed by atoms with Gasteiger partial charge in [-0.15, -0.1) is 0 Å². The molecule has 0 saturated carbocycles. The molecular formula is C20H20Br2N2O4S. The number of imide groups is 1. The average molecular weight is 544 g/mol. The minimum atomic E-state index is -4.02. The number of carbonyl (C=O) groups excluding carboxylic acids is 2. The lowest BCUT2D eigenvalue weighted by Crippen LogP contribution is -2.54. The zero-order chi connectivity index (χ0) is 21.6. The van der Waals surface area contributed by atoms with E-state index in [0.29, 0.717) is 5.69 Å². The first-order chi connectivity index (χ1) is 13.4. The average Bonchev–Trinajstić information content (AvgIpc) is 2.89. The van der Waals surface area contributed by atoms with Gasteiger partial charge < -0.3 is 0 Å². The van der Waals surface area contributed by atoms with Gasteiger partial charge in [-0.2, -0.15) is 4.31 Å². The summed E-state index contributed by atoms with van der Waals surface area (Å²) >= 11 is 6.62. The first kappa shape index (κ1) is 22.1. The number of benzene rings is 2. The predicted octanol–water partition coefficient (Wildman–Crippen LogP) is 4.33. The molecule has 2 aromatic carbocycles. The smallest absolute Gasteiger partial charge is 0.252 e. The second-order valence-corrected chi connectivity index (χ2v) is 11.3. The molecule has 0 aromatic heterocycles. The monoisotopic (exact) mass is 542 g/mol. The molecule has 0 N–H and O–H groups in total. The standard InChI is InChI=1S/C20H20Br2N2O4S/c1-20(2,3)24(29(27,28)16-10-6-14(22)7-11-16)17-12-18(25)23(19(17)26)15-8-4-13(21)5-9-15/h4-11,17H,12H2,1-3H3. The second-order valence-electron chi connectivity index (χ2n) is 7.69. The number of hydrogen-bond donors (Lipinski definition) is 0. The van der Waals surface area contributed by atoms with Crippen LogP contribution < -0.4 is 4.90 Å². The Morgan fingerprint density at radius 2 is 1.41 bits per heavy atom. The van der Waals surface area contributed by atoms with Crippen molar-refractivity contribution in [2.24, 2.45) is 0 Å². The van der Waals surface area contributed by atoms with Crippen LogP contribution in [-0.2, 0) is 19.6 Å². The van der Waals surface area contributed by atoms with Gasteiger partial charge in [-0.25, -0.2) is 13.3 Å².